The number of hydrogen-bond acceptors (Lipinski definition) is 4. The average molecular weight is 371 g/mol. The Bertz CT molecular complexity index is 733. The Hall–Kier alpha value is -1.28. The Morgan fingerprint density at radius 1 is 1.24 bits per heavy atom. The van der Waals surface area contributed by atoms with E-state index < -0.39 is 10.0 Å². The quantitative estimate of drug-likeness (QED) is 0.844. The molecule has 2 aromatic rings. The minimum atomic E-state index is -3.67. The lowest BCUT2D eigenvalue weighted by Crippen LogP contribution is -2.24. The van der Waals surface area contributed by atoms with Crippen molar-refractivity contribution in [3.8, 4) is 0 Å². The van der Waals surface area contributed by atoms with Gasteiger partial charge in [0.1, 0.15) is 0 Å². The maximum absolute atomic E-state index is 12.4. The first kappa shape index (κ1) is 16.1. The fourth-order valence-corrected chi connectivity index (χ4v) is 3.94. The van der Waals surface area contributed by atoms with Gasteiger partial charge >= 0.3 is 0 Å². The van der Waals surface area contributed by atoms with Gasteiger partial charge in [0.2, 0.25) is 10.0 Å². The SMILES string of the molecule is Cc1cc(CO)cc(S(=O)(=O)NCc2ccncc2)c1Br. The number of pyridine rings is 1. The summed E-state index contributed by atoms with van der Waals surface area (Å²) in [6.45, 7) is 1.76. The van der Waals surface area contributed by atoms with Gasteiger partial charge in [0.25, 0.3) is 0 Å². The minimum Gasteiger partial charge on any atom is -0.392 e. The van der Waals surface area contributed by atoms with E-state index in [0.29, 0.717) is 10.0 Å². The molecule has 1 aromatic carbocycles. The van der Waals surface area contributed by atoms with Crippen LogP contribution in [-0.2, 0) is 23.2 Å². The van der Waals surface area contributed by atoms with E-state index in [1.165, 1.54) is 6.07 Å². The number of aromatic nitrogens is 1. The highest BCUT2D eigenvalue weighted by Gasteiger charge is 2.19. The lowest BCUT2D eigenvalue weighted by molar-refractivity contribution is 0.281. The Balaban J connectivity index is 2.29. The fourth-order valence-electron chi connectivity index (χ4n) is 1.85. The monoisotopic (exact) mass is 370 g/mol. The number of hydrogen-bond donors (Lipinski definition) is 2. The van der Waals surface area contributed by atoms with Crippen LogP contribution in [-0.4, -0.2) is 18.5 Å². The number of nitrogens with zero attached hydrogens (tertiary/aromatic N) is 1. The maximum Gasteiger partial charge on any atom is 0.242 e. The van der Waals surface area contributed by atoms with Gasteiger partial charge in [0.15, 0.2) is 0 Å². The lowest BCUT2D eigenvalue weighted by Gasteiger charge is -2.12. The first-order valence-electron chi connectivity index (χ1n) is 6.22. The normalized spacial score (nSPS) is 11.6. The smallest absolute Gasteiger partial charge is 0.242 e. The molecule has 1 heterocycles. The van der Waals surface area contributed by atoms with Crippen molar-refractivity contribution in [3.63, 3.8) is 0 Å². The van der Waals surface area contributed by atoms with Gasteiger partial charge in [0, 0.05) is 23.4 Å². The second kappa shape index (κ2) is 6.65. The number of halogens is 1. The molecule has 0 saturated heterocycles. The molecule has 0 fully saturated rings. The summed E-state index contributed by atoms with van der Waals surface area (Å²) in [5.74, 6) is 0. The van der Waals surface area contributed by atoms with E-state index in [0.717, 1.165) is 11.1 Å². The minimum absolute atomic E-state index is 0.126. The summed E-state index contributed by atoms with van der Waals surface area (Å²) in [4.78, 5) is 4.01. The van der Waals surface area contributed by atoms with Crippen LogP contribution in [0, 0.1) is 6.92 Å². The van der Waals surface area contributed by atoms with Crippen LogP contribution in [0.4, 0.5) is 0 Å². The summed E-state index contributed by atoms with van der Waals surface area (Å²) in [7, 11) is -3.67. The molecule has 0 radical (unpaired) electrons. The predicted molar refractivity (Wildman–Crippen MR) is 83.1 cm³/mol. The standard InChI is InChI=1S/C14H15BrN2O3S/c1-10-6-12(9-18)7-13(14(10)15)21(19,20)17-8-11-2-4-16-5-3-11/h2-7,17-18H,8-9H2,1H3. The average Bonchev–Trinajstić information content (AvgIpc) is 2.48. The van der Waals surface area contributed by atoms with E-state index in [1.807, 2.05) is 0 Å². The van der Waals surface area contributed by atoms with Gasteiger partial charge in [-0.1, -0.05) is 6.07 Å². The van der Waals surface area contributed by atoms with Crippen molar-refractivity contribution in [1.29, 1.82) is 0 Å². The van der Waals surface area contributed by atoms with E-state index in [9.17, 15) is 13.5 Å². The molecule has 0 saturated carbocycles. The van der Waals surface area contributed by atoms with Crippen LogP contribution in [0.15, 0.2) is 46.0 Å². The summed E-state index contributed by atoms with van der Waals surface area (Å²) in [5.41, 5.74) is 2.13. The second-order valence-corrected chi connectivity index (χ2v) is 7.09. The highest BCUT2D eigenvalue weighted by atomic mass is 79.9. The number of rotatable bonds is 5. The van der Waals surface area contributed by atoms with Crippen molar-refractivity contribution in [2.24, 2.45) is 0 Å². The number of aliphatic hydroxyl groups is 1. The van der Waals surface area contributed by atoms with Crippen molar-refractivity contribution < 1.29 is 13.5 Å². The van der Waals surface area contributed by atoms with Crippen LogP contribution in [0.1, 0.15) is 16.7 Å². The van der Waals surface area contributed by atoms with Crippen LogP contribution >= 0.6 is 15.9 Å². The van der Waals surface area contributed by atoms with Gasteiger partial charge in [-0.2, -0.15) is 0 Å². The largest absolute Gasteiger partial charge is 0.392 e. The Morgan fingerprint density at radius 3 is 2.52 bits per heavy atom. The molecule has 2 rings (SSSR count). The topological polar surface area (TPSA) is 79.3 Å². The van der Waals surface area contributed by atoms with E-state index in [-0.39, 0.29) is 18.0 Å². The predicted octanol–water partition coefficient (Wildman–Crippen LogP) is 2.12. The van der Waals surface area contributed by atoms with Crippen molar-refractivity contribution in [1.82, 2.24) is 9.71 Å². The van der Waals surface area contributed by atoms with E-state index in [4.69, 9.17) is 0 Å². The molecule has 21 heavy (non-hydrogen) atoms. The summed E-state index contributed by atoms with van der Waals surface area (Å²) < 4.78 is 27.9. The zero-order valence-electron chi connectivity index (χ0n) is 11.4. The molecule has 2 N–H and O–H groups in total. The first-order valence-corrected chi connectivity index (χ1v) is 8.50. The van der Waals surface area contributed by atoms with Gasteiger partial charge < -0.3 is 5.11 Å². The third-order valence-electron chi connectivity index (χ3n) is 2.97. The number of benzene rings is 1. The van der Waals surface area contributed by atoms with Crippen LogP contribution in [0.5, 0.6) is 0 Å². The van der Waals surface area contributed by atoms with Crippen molar-refractivity contribution >= 4 is 26.0 Å². The molecule has 5 nitrogen and oxygen atoms in total. The summed E-state index contributed by atoms with van der Waals surface area (Å²) in [6, 6.07) is 6.69. The number of nitrogens with one attached hydrogen (secondary N) is 1. The van der Waals surface area contributed by atoms with Gasteiger partial charge in [-0.05, 0) is 57.7 Å². The molecule has 7 heteroatoms. The maximum atomic E-state index is 12.4. The highest BCUT2D eigenvalue weighted by molar-refractivity contribution is 9.10. The van der Waals surface area contributed by atoms with E-state index in [2.05, 4.69) is 25.6 Å². The Morgan fingerprint density at radius 2 is 1.90 bits per heavy atom. The first-order chi connectivity index (χ1) is 9.94. The molecular weight excluding hydrogens is 356 g/mol. The van der Waals surface area contributed by atoms with Crippen LogP contribution < -0.4 is 4.72 Å². The number of aliphatic hydroxyl groups excluding tert-OH is 1. The zero-order chi connectivity index (χ0) is 15.5. The summed E-state index contributed by atoms with van der Waals surface area (Å²) >= 11 is 3.29. The van der Waals surface area contributed by atoms with Gasteiger partial charge in [-0.15, -0.1) is 0 Å². The second-order valence-electron chi connectivity index (χ2n) is 4.56. The van der Waals surface area contributed by atoms with Gasteiger partial charge in [-0.25, -0.2) is 13.1 Å². The lowest BCUT2D eigenvalue weighted by atomic mass is 10.1. The zero-order valence-corrected chi connectivity index (χ0v) is 13.8. The van der Waals surface area contributed by atoms with Crippen LogP contribution in [0.2, 0.25) is 0 Å². The molecule has 0 amide bonds. The van der Waals surface area contributed by atoms with Gasteiger partial charge in [0.05, 0.1) is 11.5 Å². The molecule has 1 aromatic heterocycles. The van der Waals surface area contributed by atoms with Crippen molar-refractivity contribution in [2.45, 2.75) is 25.0 Å². The summed E-state index contributed by atoms with van der Waals surface area (Å²) in [6.07, 6.45) is 3.21. The third-order valence-corrected chi connectivity index (χ3v) is 5.71. The highest BCUT2D eigenvalue weighted by Crippen LogP contribution is 2.27. The third kappa shape index (κ3) is 3.88. The fraction of sp³-hybridized carbons (Fsp3) is 0.214. The number of sulfonamides is 1. The van der Waals surface area contributed by atoms with E-state index in [1.54, 1.807) is 37.5 Å². The molecule has 0 aliphatic carbocycles. The van der Waals surface area contributed by atoms with Crippen molar-refractivity contribution in [3.05, 3.63) is 57.8 Å². The molecule has 0 spiro atoms. The molecule has 0 aliphatic heterocycles. The number of aryl methyl sites for hydroxylation is 1. The molecule has 0 aliphatic rings. The Kier molecular flexibility index (Phi) is 5.10. The molecular formula is C14H15BrN2O3S. The molecule has 112 valence electrons. The summed E-state index contributed by atoms with van der Waals surface area (Å²) in [5, 5.41) is 9.21. The van der Waals surface area contributed by atoms with Crippen molar-refractivity contribution in [2.75, 3.05) is 0 Å². The van der Waals surface area contributed by atoms with Gasteiger partial charge in [-0.3, -0.25) is 4.98 Å². The van der Waals surface area contributed by atoms with Crippen LogP contribution in [0.25, 0.3) is 0 Å². The van der Waals surface area contributed by atoms with Crippen LogP contribution in [0.3, 0.4) is 0 Å². The van der Waals surface area contributed by atoms with E-state index >= 15 is 0 Å². The molecule has 0 atom stereocenters. The molecule has 0 bridgehead atoms. The molecule has 0 unspecified atom stereocenters. The Labute approximate surface area is 132 Å².